The molecule has 2 rings (SSSR count). The minimum absolute atomic E-state index is 0. The summed E-state index contributed by atoms with van der Waals surface area (Å²) in [6.07, 6.45) is 1.37. The number of fused-ring (bicyclic) bond motifs is 1. The maximum atomic E-state index is 12.5. The van der Waals surface area contributed by atoms with Crippen LogP contribution in [0.3, 0.4) is 0 Å². The van der Waals surface area contributed by atoms with Gasteiger partial charge >= 0.3 is 0 Å². The van der Waals surface area contributed by atoms with Gasteiger partial charge in [-0.05, 0) is 24.1 Å². The van der Waals surface area contributed by atoms with Crippen molar-refractivity contribution in [1.29, 1.82) is 0 Å². The number of halogens is 1. The first-order valence-electron chi connectivity index (χ1n) is 7.17. The summed E-state index contributed by atoms with van der Waals surface area (Å²) in [5.41, 5.74) is 1.82. The fourth-order valence-electron chi connectivity index (χ4n) is 2.25. The number of carbonyl (C=O) groups excluding carboxylic acids is 1. The fraction of sp³-hybridized carbons (Fsp3) is 0.562. The smallest absolute Gasteiger partial charge is 0.168 e. The zero-order chi connectivity index (χ0) is 14.8. The van der Waals surface area contributed by atoms with Gasteiger partial charge in [0, 0.05) is 5.56 Å². The molecule has 0 bridgehead atoms. The predicted octanol–water partition coefficient (Wildman–Crippen LogP) is -0.697. The van der Waals surface area contributed by atoms with E-state index in [-0.39, 0.29) is 29.8 Å². The molecule has 5 heteroatoms. The lowest BCUT2D eigenvalue weighted by molar-refractivity contribution is -0.869. The summed E-state index contributed by atoms with van der Waals surface area (Å²) in [6, 6.07) is 3.80. The van der Waals surface area contributed by atoms with Crippen LogP contribution in [0.5, 0.6) is 11.5 Å². The monoisotopic (exact) mass is 405 g/mol. The van der Waals surface area contributed by atoms with Crippen molar-refractivity contribution in [2.45, 2.75) is 19.8 Å². The van der Waals surface area contributed by atoms with E-state index in [4.69, 9.17) is 9.47 Å². The van der Waals surface area contributed by atoms with Crippen molar-refractivity contribution in [2.24, 2.45) is 0 Å². The summed E-state index contributed by atoms with van der Waals surface area (Å²) in [4.78, 5) is 12.5. The second kappa shape index (κ2) is 7.45. The molecule has 1 aromatic rings. The topological polar surface area (TPSA) is 35.5 Å². The minimum Gasteiger partial charge on any atom is -1.00 e. The molecule has 0 spiro atoms. The second-order valence-electron chi connectivity index (χ2n) is 6.19. The van der Waals surface area contributed by atoms with E-state index in [1.54, 1.807) is 0 Å². The molecule has 0 saturated heterocycles. The lowest BCUT2D eigenvalue weighted by atomic mass is 9.98. The predicted molar refractivity (Wildman–Crippen MR) is 78.7 cm³/mol. The Balaban J connectivity index is 0.00000220. The van der Waals surface area contributed by atoms with Crippen LogP contribution in [0.2, 0.25) is 0 Å². The molecule has 1 aliphatic rings. The van der Waals surface area contributed by atoms with Crippen LogP contribution >= 0.6 is 0 Å². The molecule has 0 saturated carbocycles. The van der Waals surface area contributed by atoms with E-state index in [2.05, 4.69) is 28.1 Å². The first kappa shape index (κ1) is 18.2. The molecule has 0 amide bonds. The van der Waals surface area contributed by atoms with Gasteiger partial charge in [0.15, 0.2) is 17.3 Å². The Labute approximate surface area is 144 Å². The highest BCUT2D eigenvalue weighted by Crippen LogP contribution is 2.34. The molecule has 4 nitrogen and oxygen atoms in total. The first-order valence-corrected chi connectivity index (χ1v) is 7.17. The average molecular weight is 405 g/mol. The van der Waals surface area contributed by atoms with E-state index in [9.17, 15) is 4.79 Å². The van der Waals surface area contributed by atoms with Gasteiger partial charge in [-0.3, -0.25) is 4.79 Å². The number of Topliss-reactive ketones (excluding diaryl/α,β-unsaturated/α-hetero) is 1. The van der Waals surface area contributed by atoms with Crippen LogP contribution in [0.25, 0.3) is 0 Å². The molecule has 0 unspecified atom stereocenters. The summed E-state index contributed by atoms with van der Waals surface area (Å²) < 4.78 is 11.9. The number of nitrogens with zero attached hydrogens (tertiary/aromatic N) is 1. The van der Waals surface area contributed by atoms with Gasteiger partial charge in [0.2, 0.25) is 0 Å². The van der Waals surface area contributed by atoms with Crippen LogP contribution in [0, 0.1) is 0 Å². The average Bonchev–Trinajstić information content (AvgIpc) is 2.42. The Morgan fingerprint density at radius 1 is 1.14 bits per heavy atom. The SMILES string of the molecule is CCc1cc2c(cc1C(=O)CC[N+](C)(C)C)OCCO2.[I-]. The number of benzene rings is 1. The molecule has 118 valence electrons. The molecular weight excluding hydrogens is 381 g/mol. The van der Waals surface area contributed by atoms with E-state index in [1.807, 2.05) is 12.1 Å². The molecule has 0 radical (unpaired) electrons. The summed E-state index contributed by atoms with van der Waals surface area (Å²) in [7, 11) is 6.29. The minimum atomic E-state index is 0. The zero-order valence-corrected chi connectivity index (χ0v) is 15.4. The Hall–Kier alpha value is -0.820. The van der Waals surface area contributed by atoms with Crippen molar-refractivity contribution in [3.8, 4) is 11.5 Å². The fourth-order valence-corrected chi connectivity index (χ4v) is 2.25. The Bertz CT molecular complexity index is 509. The standard InChI is InChI=1S/C16H24NO3.HI/c1-5-12-10-15-16(20-9-8-19-15)11-13(12)14(18)6-7-17(2,3)4;/h10-11H,5-9H2,1-4H3;1H/q+1;/p-1. The molecule has 0 atom stereocenters. The molecule has 0 aliphatic carbocycles. The third-order valence-electron chi connectivity index (χ3n) is 3.46. The van der Waals surface area contributed by atoms with Crippen LogP contribution in [0.1, 0.15) is 29.3 Å². The normalized spacial score (nSPS) is 13.5. The van der Waals surface area contributed by atoms with Crippen molar-refractivity contribution in [1.82, 2.24) is 0 Å². The number of rotatable bonds is 5. The second-order valence-corrected chi connectivity index (χ2v) is 6.19. The van der Waals surface area contributed by atoms with Gasteiger partial charge in [0.1, 0.15) is 13.2 Å². The molecule has 0 N–H and O–H groups in total. The first-order chi connectivity index (χ1) is 9.40. The van der Waals surface area contributed by atoms with Crippen molar-refractivity contribution in [3.63, 3.8) is 0 Å². The number of hydrogen-bond donors (Lipinski definition) is 0. The van der Waals surface area contributed by atoms with Gasteiger partial charge in [-0.2, -0.15) is 0 Å². The van der Waals surface area contributed by atoms with Crippen LogP contribution in [-0.2, 0) is 6.42 Å². The van der Waals surface area contributed by atoms with Gasteiger partial charge in [-0.1, -0.05) is 6.92 Å². The van der Waals surface area contributed by atoms with E-state index in [1.165, 1.54) is 0 Å². The Kier molecular flexibility index (Phi) is 6.46. The Morgan fingerprint density at radius 2 is 1.71 bits per heavy atom. The third kappa shape index (κ3) is 4.85. The van der Waals surface area contributed by atoms with Crippen LogP contribution in [0.15, 0.2) is 12.1 Å². The molecular formula is C16H24INO3. The maximum Gasteiger partial charge on any atom is 0.168 e. The highest BCUT2D eigenvalue weighted by molar-refractivity contribution is 5.98. The lowest BCUT2D eigenvalue weighted by Crippen LogP contribution is -3.00. The van der Waals surface area contributed by atoms with Gasteiger partial charge in [0.25, 0.3) is 0 Å². The number of aryl methyl sites for hydroxylation is 1. The van der Waals surface area contributed by atoms with Crippen LogP contribution < -0.4 is 33.5 Å². The van der Waals surface area contributed by atoms with Gasteiger partial charge in [-0.25, -0.2) is 0 Å². The largest absolute Gasteiger partial charge is 1.00 e. The molecule has 0 aromatic heterocycles. The number of ketones is 1. The number of quaternary nitrogens is 1. The summed E-state index contributed by atoms with van der Waals surface area (Å²) >= 11 is 0. The maximum absolute atomic E-state index is 12.5. The zero-order valence-electron chi connectivity index (χ0n) is 13.2. The van der Waals surface area contributed by atoms with Crippen molar-refractivity contribution >= 4 is 5.78 Å². The quantitative estimate of drug-likeness (QED) is 0.370. The molecule has 1 aliphatic heterocycles. The van der Waals surface area contributed by atoms with Gasteiger partial charge in [0.05, 0.1) is 34.1 Å². The van der Waals surface area contributed by atoms with Crippen LogP contribution in [0.4, 0.5) is 0 Å². The van der Waals surface area contributed by atoms with Crippen molar-refractivity contribution in [2.75, 3.05) is 40.9 Å². The molecule has 21 heavy (non-hydrogen) atoms. The summed E-state index contributed by atoms with van der Waals surface area (Å²) in [5.74, 6) is 1.64. The van der Waals surface area contributed by atoms with E-state index in [0.29, 0.717) is 25.4 Å². The number of hydrogen-bond acceptors (Lipinski definition) is 3. The van der Waals surface area contributed by atoms with E-state index >= 15 is 0 Å². The lowest BCUT2D eigenvalue weighted by Gasteiger charge is -2.24. The van der Waals surface area contributed by atoms with Gasteiger partial charge in [-0.15, -0.1) is 0 Å². The molecule has 1 aromatic carbocycles. The number of ether oxygens (including phenoxy) is 2. The molecule has 0 fully saturated rings. The number of carbonyl (C=O) groups is 1. The van der Waals surface area contributed by atoms with Crippen molar-refractivity contribution < 1.29 is 42.7 Å². The third-order valence-corrected chi connectivity index (χ3v) is 3.46. The van der Waals surface area contributed by atoms with Gasteiger partial charge < -0.3 is 37.9 Å². The highest BCUT2D eigenvalue weighted by Gasteiger charge is 2.20. The summed E-state index contributed by atoms with van der Waals surface area (Å²) in [5, 5.41) is 0. The molecule has 1 heterocycles. The summed E-state index contributed by atoms with van der Waals surface area (Å²) in [6.45, 7) is 4.01. The van der Waals surface area contributed by atoms with Crippen molar-refractivity contribution in [3.05, 3.63) is 23.3 Å². The van der Waals surface area contributed by atoms with E-state index in [0.717, 1.165) is 34.3 Å². The van der Waals surface area contributed by atoms with Crippen LogP contribution in [-0.4, -0.2) is 51.2 Å². The van der Waals surface area contributed by atoms with E-state index < -0.39 is 0 Å². The Morgan fingerprint density at radius 3 is 2.24 bits per heavy atom. The highest BCUT2D eigenvalue weighted by atomic mass is 127.